The number of hydrazone groups is 1. The van der Waals surface area contributed by atoms with Gasteiger partial charge in [-0.25, -0.2) is 5.43 Å². The molecular weight excluding hydrogens is 220 g/mol. The molecule has 1 aromatic rings. The molecule has 3 N–H and O–H groups in total. The van der Waals surface area contributed by atoms with Gasteiger partial charge in [-0.15, -0.1) is 0 Å². The molecule has 17 heavy (non-hydrogen) atoms. The standard InChI is InChI=1S/C12H16N2O3/c1-3-4-12(17)14-13-8(2)10-7-9(15)5-6-11(10)16/h5-7,15-16H,3-4H2,1-2H3,(H,14,17)/b13-8-. The lowest BCUT2D eigenvalue weighted by Crippen LogP contribution is -2.18. The molecule has 0 aromatic heterocycles. The van der Waals surface area contributed by atoms with Gasteiger partial charge in [-0.2, -0.15) is 5.10 Å². The van der Waals surface area contributed by atoms with Crippen LogP contribution in [0.4, 0.5) is 0 Å². The van der Waals surface area contributed by atoms with E-state index in [1.54, 1.807) is 6.92 Å². The van der Waals surface area contributed by atoms with Crippen LogP contribution in [0.1, 0.15) is 32.3 Å². The molecule has 0 unspecified atom stereocenters. The zero-order chi connectivity index (χ0) is 12.8. The van der Waals surface area contributed by atoms with E-state index in [2.05, 4.69) is 10.5 Å². The van der Waals surface area contributed by atoms with Crippen molar-refractivity contribution in [1.82, 2.24) is 5.43 Å². The number of phenols is 2. The maximum absolute atomic E-state index is 11.2. The minimum Gasteiger partial charge on any atom is -0.508 e. The van der Waals surface area contributed by atoms with E-state index in [9.17, 15) is 15.0 Å². The minimum absolute atomic E-state index is 0.00814. The molecule has 0 aliphatic heterocycles. The number of hydrogen-bond acceptors (Lipinski definition) is 4. The lowest BCUT2D eigenvalue weighted by Gasteiger charge is -2.05. The predicted molar refractivity (Wildman–Crippen MR) is 65.0 cm³/mol. The van der Waals surface area contributed by atoms with Gasteiger partial charge in [0.25, 0.3) is 0 Å². The van der Waals surface area contributed by atoms with Crippen molar-refractivity contribution in [2.45, 2.75) is 26.7 Å². The van der Waals surface area contributed by atoms with E-state index in [4.69, 9.17) is 0 Å². The molecule has 1 aromatic carbocycles. The summed E-state index contributed by atoms with van der Waals surface area (Å²) in [6.45, 7) is 3.54. The summed E-state index contributed by atoms with van der Waals surface area (Å²) in [4.78, 5) is 11.2. The van der Waals surface area contributed by atoms with Crippen molar-refractivity contribution in [2.75, 3.05) is 0 Å². The molecule has 5 heteroatoms. The molecule has 0 atom stereocenters. The Morgan fingerprint density at radius 1 is 1.41 bits per heavy atom. The highest BCUT2D eigenvalue weighted by atomic mass is 16.3. The normalized spacial score (nSPS) is 11.3. The molecule has 1 rings (SSSR count). The predicted octanol–water partition coefficient (Wildman–Crippen LogP) is 1.74. The van der Waals surface area contributed by atoms with E-state index >= 15 is 0 Å². The van der Waals surface area contributed by atoms with Gasteiger partial charge < -0.3 is 10.2 Å². The number of rotatable bonds is 4. The molecule has 0 bridgehead atoms. The van der Waals surface area contributed by atoms with Crippen LogP contribution in [0.15, 0.2) is 23.3 Å². The van der Waals surface area contributed by atoms with Crippen molar-refractivity contribution >= 4 is 11.6 Å². The number of benzene rings is 1. The van der Waals surface area contributed by atoms with Crippen LogP contribution < -0.4 is 5.43 Å². The monoisotopic (exact) mass is 236 g/mol. The zero-order valence-corrected chi connectivity index (χ0v) is 9.90. The third-order valence-corrected chi connectivity index (χ3v) is 2.20. The molecule has 0 aliphatic rings. The maximum atomic E-state index is 11.2. The third-order valence-electron chi connectivity index (χ3n) is 2.20. The van der Waals surface area contributed by atoms with E-state index in [1.165, 1.54) is 18.2 Å². The Morgan fingerprint density at radius 2 is 2.12 bits per heavy atom. The van der Waals surface area contributed by atoms with E-state index in [0.717, 1.165) is 6.42 Å². The molecule has 0 fully saturated rings. The molecule has 0 heterocycles. The first-order valence-electron chi connectivity index (χ1n) is 5.40. The molecule has 92 valence electrons. The van der Waals surface area contributed by atoms with Crippen molar-refractivity contribution < 1.29 is 15.0 Å². The molecular formula is C12H16N2O3. The van der Waals surface area contributed by atoms with Crippen LogP contribution >= 0.6 is 0 Å². The molecule has 0 saturated heterocycles. The molecule has 0 radical (unpaired) electrons. The van der Waals surface area contributed by atoms with E-state index < -0.39 is 0 Å². The SMILES string of the molecule is CCCC(=O)N/N=C(/C)c1cc(O)ccc1O. The first-order chi connectivity index (χ1) is 8.04. The van der Waals surface area contributed by atoms with Crippen LogP contribution in [0.5, 0.6) is 11.5 Å². The fraction of sp³-hybridized carbons (Fsp3) is 0.333. The number of nitrogens with one attached hydrogen (secondary N) is 1. The van der Waals surface area contributed by atoms with Crippen LogP contribution in [-0.4, -0.2) is 21.8 Å². The highest BCUT2D eigenvalue weighted by Gasteiger charge is 2.06. The topological polar surface area (TPSA) is 81.9 Å². The number of nitrogens with zero attached hydrogens (tertiary/aromatic N) is 1. The Hall–Kier alpha value is -2.04. The van der Waals surface area contributed by atoms with Gasteiger partial charge in [-0.1, -0.05) is 6.92 Å². The summed E-state index contributed by atoms with van der Waals surface area (Å²) in [6, 6.07) is 4.14. The van der Waals surface area contributed by atoms with Crippen LogP contribution in [0.2, 0.25) is 0 Å². The summed E-state index contributed by atoms with van der Waals surface area (Å²) >= 11 is 0. The number of amides is 1. The summed E-state index contributed by atoms with van der Waals surface area (Å²) in [5.74, 6) is -0.132. The van der Waals surface area contributed by atoms with Crippen LogP contribution in [0.3, 0.4) is 0 Å². The summed E-state index contributed by atoms with van der Waals surface area (Å²) in [6.07, 6.45) is 1.15. The quantitative estimate of drug-likeness (QED) is 0.423. The van der Waals surface area contributed by atoms with Crippen molar-refractivity contribution in [3.05, 3.63) is 23.8 Å². The van der Waals surface area contributed by atoms with Crippen LogP contribution in [-0.2, 0) is 4.79 Å². The Labute approximate surface area is 99.8 Å². The van der Waals surface area contributed by atoms with Gasteiger partial charge >= 0.3 is 0 Å². The van der Waals surface area contributed by atoms with Crippen LogP contribution in [0, 0.1) is 0 Å². The average Bonchev–Trinajstić information content (AvgIpc) is 2.29. The van der Waals surface area contributed by atoms with Gasteiger partial charge in [-0.3, -0.25) is 4.79 Å². The Kier molecular flexibility index (Phi) is 4.51. The van der Waals surface area contributed by atoms with Gasteiger partial charge in [0.05, 0.1) is 5.71 Å². The number of carbonyl (C=O) groups excluding carboxylic acids is 1. The van der Waals surface area contributed by atoms with Gasteiger partial charge in [-0.05, 0) is 31.5 Å². The Bertz CT molecular complexity index is 441. The summed E-state index contributed by atoms with van der Waals surface area (Å²) in [5.41, 5.74) is 3.21. The fourth-order valence-electron chi connectivity index (χ4n) is 1.30. The van der Waals surface area contributed by atoms with Crippen LogP contribution in [0.25, 0.3) is 0 Å². The highest BCUT2D eigenvalue weighted by molar-refractivity contribution is 6.01. The largest absolute Gasteiger partial charge is 0.508 e. The molecule has 0 aliphatic carbocycles. The smallest absolute Gasteiger partial charge is 0.240 e. The lowest BCUT2D eigenvalue weighted by molar-refractivity contribution is -0.121. The second-order valence-corrected chi connectivity index (χ2v) is 3.68. The second-order valence-electron chi connectivity index (χ2n) is 3.68. The number of phenolic OH excluding ortho intramolecular Hbond substituents is 2. The lowest BCUT2D eigenvalue weighted by atomic mass is 10.1. The molecule has 1 amide bonds. The number of hydrogen-bond donors (Lipinski definition) is 3. The van der Waals surface area contributed by atoms with Crippen molar-refractivity contribution in [3.8, 4) is 11.5 Å². The fourth-order valence-corrected chi connectivity index (χ4v) is 1.30. The number of aromatic hydroxyl groups is 2. The van der Waals surface area contributed by atoms with Crippen molar-refractivity contribution in [2.24, 2.45) is 5.10 Å². The van der Waals surface area contributed by atoms with Gasteiger partial charge in [0, 0.05) is 12.0 Å². The molecule has 5 nitrogen and oxygen atoms in total. The zero-order valence-electron chi connectivity index (χ0n) is 9.90. The molecule has 0 spiro atoms. The Morgan fingerprint density at radius 3 is 2.76 bits per heavy atom. The Balaban J connectivity index is 2.81. The van der Waals surface area contributed by atoms with Gasteiger partial charge in [0.2, 0.25) is 5.91 Å². The van der Waals surface area contributed by atoms with Crippen molar-refractivity contribution in [3.63, 3.8) is 0 Å². The number of carbonyl (C=O) groups is 1. The first-order valence-corrected chi connectivity index (χ1v) is 5.40. The summed E-state index contributed by atoms with van der Waals surface area (Å²) in [5, 5.41) is 22.7. The first kappa shape index (κ1) is 13.0. The minimum atomic E-state index is -0.175. The highest BCUT2D eigenvalue weighted by Crippen LogP contribution is 2.22. The van der Waals surface area contributed by atoms with E-state index in [-0.39, 0.29) is 17.4 Å². The summed E-state index contributed by atoms with van der Waals surface area (Å²) in [7, 11) is 0. The molecule has 0 saturated carbocycles. The maximum Gasteiger partial charge on any atom is 0.240 e. The van der Waals surface area contributed by atoms with Crippen molar-refractivity contribution in [1.29, 1.82) is 0 Å². The summed E-state index contributed by atoms with van der Waals surface area (Å²) < 4.78 is 0. The third kappa shape index (κ3) is 3.79. The second kappa shape index (κ2) is 5.89. The van der Waals surface area contributed by atoms with Gasteiger partial charge in [0.1, 0.15) is 11.5 Å². The average molecular weight is 236 g/mol. The van der Waals surface area contributed by atoms with Gasteiger partial charge in [0.15, 0.2) is 0 Å². The van der Waals surface area contributed by atoms with E-state index in [0.29, 0.717) is 17.7 Å². The van der Waals surface area contributed by atoms with E-state index in [1.807, 2.05) is 6.92 Å².